The van der Waals surface area contributed by atoms with Crippen LogP contribution in [0.2, 0.25) is 5.02 Å². The van der Waals surface area contributed by atoms with Crippen molar-refractivity contribution in [3.8, 4) is 0 Å². The van der Waals surface area contributed by atoms with Gasteiger partial charge in [0.2, 0.25) is 5.67 Å². The lowest BCUT2D eigenvalue weighted by molar-refractivity contribution is 0.0996. The molecule has 7 heteroatoms. The number of alkyl halides is 1. The number of halogens is 2. The minimum absolute atomic E-state index is 0.151. The second-order valence-corrected chi connectivity index (χ2v) is 10.4. The van der Waals surface area contributed by atoms with Crippen molar-refractivity contribution in [2.45, 2.75) is 50.5 Å². The molecule has 186 valence electrons. The van der Waals surface area contributed by atoms with Crippen LogP contribution in [0, 0.1) is 0 Å². The summed E-state index contributed by atoms with van der Waals surface area (Å²) in [4.78, 5) is 19.1. The molecular weight excluding hydrogens is 475 g/mol. The lowest BCUT2D eigenvalue weighted by Gasteiger charge is -2.39. The van der Waals surface area contributed by atoms with Crippen molar-refractivity contribution in [2.75, 3.05) is 11.9 Å². The number of nitrogens with zero attached hydrogens (tertiary/aromatic N) is 2. The monoisotopic (exact) mass is 504 g/mol. The molecule has 0 aromatic heterocycles. The van der Waals surface area contributed by atoms with E-state index in [0.29, 0.717) is 40.5 Å². The van der Waals surface area contributed by atoms with Gasteiger partial charge in [-0.1, -0.05) is 54.1 Å². The third-order valence-corrected chi connectivity index (χ3v) is 7.88. The number of amidine groups is 1. The molecule has 5 rings (SSSR count). The normalized spacial score (nSPS) is 18.5. The summed E-state index contributed by atoms with van der Waals surface area (Å²) >= 11 is 6.64. The van der Waals surface area contributed by atoms with Gasteiger partial charge in [0, 0.05) is 52.1 Å². The fourth-order valence-electron chi connectivity index (χ4n) is 5.10. The van der Waals surface area contributed by atoms with Crippen LogP contribution in [-0.4, -0.2) is 24.3 Å². The Kier molecular flexibility index (Phi) is 6.35. The number of amides is 1. The van der Waals surface area contributed by atoms with E-state index in [2.05, 4.69) is 17.2 Å². The molecular formula is C29H30ClFN4O. The number of fused-ring (bicyclic) bond motifs is 1. The van der Waals surface area contributed by atoms with Gasteiger partial charge in [-0.3, -0.25) is 9.79 Å². The van der Waals surface area contributed by atoms with Crippen molar-refractivity contribution in [1.29, 1.82) is 0 Å². The van der Waals surface area contributed by atoms with E-state index in [0.717, 1.165) is 24.0 Å². The maximum absolute atomic E-state index is 16.6. The number of nitrogens with two attached hydrogens (primary N) is 1. The first-order valence-electron chi connectivity index (χ1n) is 12.2. The Morgan fingerprint density at radius 2 is 1.86 bits per heavy atom. The molecule has 1 fully saturated rings. The average Bonchev–Trinajstić information content (AvgIpc) is 3.22. The summed E-state index contributed by atoms with van der Waals surface area (Å²) in [5, 5.41) is 4.17. The molecule has 0 saturated heterocycles. The number of benzene rings is 3. The molecule has 0 bridgehead atoms. The van der Waals surface area contributed by atoms with Crippen LogP contribution in [0.3, 0.4) is 0 Å². The van der Waals surface area contributed by atoms with Gasteiger partial charge >= 0.3 is 0 Å². The molecule has 3 aromatic rings. The fourth-order valence-corrected chi connectivity index (χ4v) is 5.40. The number of carbonyl (C=O) groups is 1. The van der Waals surface area contributed by atoms with Crippen LogP contribution in [0.15, 0.2) is 71.7 Å². The molecule has 1 saturated carbocycles. The van der Waals surface area contributed by atoms with Crippen LogP contribution in [0.5, 0.6) is 0 Å². The van der Waals surface area contributed by atoms with Gasteiger partial charge in [-0.15, -0.1) is 0 Å². The van der Waals surface area contributed by atoms with Crippen molar-refractivity contribution in [3.05, 3.63) is 99.6 Å². The highest BCUT2D eigenvalue weighted by molar-refractivity contribution is 6.32. The summed E-state index contributed by atoms with van der Waals surface area (Å²) in [5.74, 6) is -0.302. The summed E-state index contributed by atoms with van der Waals surface area (Å²) in [6, 6.07) is 19.4. The number of hydrogen-bond acceptors (Lipinski definition) is 3. The minimum atomic E-state index is -2.13. The van der Waals surface area contributed by atoms with Crippen LogP contribution in [0.25, 0.3) is 0 Å². The Morgan fingerprint density at radius 1 is 1.14 bits per heavy atom. The van der Waals surface area contributed by atoms with E-state index in [1.54, 1.807) is 53.4 Å². The Balaban J connectivity index is 1.46. The SMILES string of the molecule is CN=C(N)[C@@](F)(c1ccccc1)c1cccc(N2Cc3c(Cl)cc(CNC4(C)CCC4)cc3C2=O)c1. The van der Waals surface area contributed by atoms with Gasteiger partial charge in [0.15, 0.2) is 0 Å². The zero-order valence-electron chi connectivity index (χ0n) is 20.5. The Hall–Kier alpha value is -3.22. The van der Waals surface area contributed by atoms with E-state index in [-0.39, 0.29) is 17.3 Å². The van der Waals surface area contributed by atoms with Crippen molar-refractivity contribution >= 4 is 29.0 Å². The van der Waals surface area contributed by atoms with E-state index in [1.165, 1.54) is 13.5 Å². The quantitative estimate of drug-likeness (QED) is 0.319. The van der Waals surface area contributed by atoms with Crippen molar-refractivity contribution in [1.82, 2.24) is 5.32 Å². The Bertz CT molecular complexity index is 1340. The Labute approximate surface area is 216 Å². The summed E-state index contributed by atoms with van der Waals surface area (Å²) in [6.45, 7) is 3.20. The number of aliphatic imine (C=N–C) groups is 1. The fraction of sp³-hybridized carbons (Fsp3) is 0.310. The van der Waals surface area contributed by atoms with Crippen molar-refractivity contribution in [2.24, 2.45) is 10.7 Å². The van der Waals surface area contributed by atoms with Gasteiger partial charge in [-0.05, 0) is 56.0 Å². The zero-order valence-corrected chi connectivity index (χ0v) is 21.3. The van der Waals surface area contributed by atoms with Gasteiger partial charge in [-0.2, -0.15) is 0 Å². The molecule has 3 aromatic carbocycles. The maximum Gasteiger partial charge on any atom is 0.258 e. The van der Waals surface area contributed by atoms with Crippen LogP contribution in [-0.2, 0) is 18.8 Å². The minimum Gasteiger partial charge on any atom is -0.384 e. The number of anilines is 1. The lowest BCUT2D eigenvalue weighted by atomic mass is 9.78. The first-order chi connectivity index (χ1) is 17.2. The first-order valence-corrected chi connectivity index (χ1v) is 12.6. The van der Waals surface area contributed by atoms with Crippen LogP contribution < -0.4 is 16.0 Å². The molecule has 0 spiro atoms. The smallest absolute Gasteiger partial charge is 0.258 e. The van der Waals surface area contributed by atoms with Crippen LogP contribution >= 0.6 is 11.6 Å². The van der Waals surface area contributed by atoms with Crippen molar-refractivity contribution in [3.63, 3.8) is 0 Å². The highest BCUT2D eigenvalue weighted by Crippen LogP contribution is 2.39. The van der Waals surface area contributed by atoms with Gasteiger partial charge in [0.05, 0.1) is 6.54 Å². The summed E-state index contributed by atoms with van der Waals surface area (Å²) < 4.78 is 16.6. The van der Waals surface area contributed by atoms with Gasteiger partial charge in [0.1, 0.15) is 5.84 Å². The molecule has 3 N–H and O–H groups in total. The van der Waals surface area contributed by atoms with Gasteiger partial charge in [0.25, 0.3) is 5.91 Å². The number of carbonyl (C=O) groups excluding carboxylic acids is 1. The van der Waals surface area contributed by atoms with E-state index in [4.69, 9.17) is 17.3 Å². The number of rotatable bonds is 7. The highest BCUT2D eigenvalue weighted by Gasteiger charge is 2.40. The summed E-state index contributed by atoms with van der Waals surface area (Å²) in [7, 11) is 1.47. The molecule has 1 amide bonds. The summed E-state index contributed by atoms with van der Waals surface area (Å²) in [5.41, 5.74) is 7.74. The number of hydrogen-bond donors (Lipinski definition) is 2. The predicted octanol–water partition coefficient (Wildman–Crippen LogP) is 5.73. The van der Waals surface area contributed by atoms with Gasteiger partial charge in [-0.25, -0.2) is 4.39 Å². The second kappa shape index (κ2) is 9.34. The Morgan fingerprint density at radius 3 is 2.53 bits per heavy atom. The van der Waals surface area contributed by atoms with Crippen molar-refractivity contribution < 1.29 is 9.18 Å². The zero-order chi connectivity index (χ0) is 25.5. The predicted molar refractivity (Wildman–Crippen MR) is 143 cm³/mol. The third kappa shape index (κ3) is 4.18. The molecule has 1 aliphatic heterocycles. The molecule has 0 unspecified atom stereocenters. The molecule has 2 aliphatic rings. The molecule has 1 aliphatic carbocycles. The topological polar surface area (TPSA) is 70.7 Å². The van der Waals surface area contributed by atoms with E-state index in [1.807, 2.05) is 18.2 Å². The van der Waals surface area contributed by atoms with Crippen LogP contribution in [0.4, 0.5) is 10.1 Å². The second-order valence-electron chi connectivity index (χ2n) is 9.95. The maximum atomic E-state index is 16.6. The highest BCUT2D eigenvalue weighted by atomic mass is 35.5. The molecule has 5 nitrogen and oxygen atoms in total. The van der Waals surface area contributed by atoms with Crippen LogP contribution in [0.1, 0.15) is 58.8 Å². The average molecular weight is 505 g/mol. The molecule has 0 radical (unpaired) electrons. The first kappa shape index (κ1) is 24.5. The van der Waals surface area contributed by atoms with E-state index in [9.17, 15) is 4.79 Å². The van der Waals surface area contributed by atoms with E-state index >= 15 is 4.39 Å². The third-order valence-electron chi connectivity index (χ3n) is 7.54. The van der Waals surface area contributed by atoms with E-state index < -0.39 is 5.67 Å². The largest absolute Gasteiger partial charge is 0.384 e. The van der Waals surface area contributed by atoms with Gasteiger partial charge < -0.3 is 16.0 Å². The summed E-state index contributed by atoms with van der Waals surface area (Å²) in [6.07, 6.45) is 3.54. The standard InChI is InChI=1S/C29H30ClFN4O/c1-28(12-7-13-28)34-17-19-14-23-24(25(30)15-19)18-35(26(23)36)22-11-6-10-21(16-22)29(31,27(32)33-2)20-8-4-3-5-9-20/h3-6,8-11,14-16,34H,7,12-13,17-18H2,1-2H3,(H2,32,33)/t29-/m1/s1. The molecule has 1 atom stereocenters. The number of nitrogens with one attached hydrogen (secondary N) is 1. The molecule has 36 heavy (non-hydrogen) atoms. The lowest BCUT2D eigenvalue weighted by Crippen LogP contribution is -2.47. The molecule has 1 heterocycles.